The van der Waals surface area contributed by atoms with Crippen molar-refractivity contribution in [1.29, 1.82) is 0 Å². The first kappa shape index (κ1) is 25.8. The van der Waals surface area contributed by atoms with Gasteiger partial charge in [0.2, 0.25) is 0 Å². The Labute approximate surface area is 165 Å². The molecular formula is C5H4NNa3O4S2. The van der Waals surface area contributed by atoms with Gasteiger partial charge in [-0.2, -0.15) is 0 Å². The Balaban J connectivity index is -0.000000202. The molecular weight excluding hydrogens is 271 g/mol. The minimum Gasteiger partial charge on any atom is -0.548 e. The van der Waals surface area contributed by atoms with E-state index in [2.05, 4.69) is 24.8 Å². The van der Waals surface area contributed by atoms with Gasteiger partial charge >= 0.3 is 88.7 Å². The number of aliphatic carboxylic acids is 2. The smallest absolute Gasteiger partial charge is 0.548 e. The molecule has 0 saturated carbocycles. The maximum atomic E-state index is 10.0. The van der Waals surface area contributed by atoms with Crippen LogP contribution < -0.4 is 98.9 Å². The fraction of sp³-hybridized carbons (Fsp3) is 0.400. The summed E-state index contributed by atoms with van der Waals surface area (Å²) in [6.07, 6.45) is 0. The van der Waals surface area contributed by atoms with E-state index in [1.807, 2.05) is 0 Å². The fourth-order valence-electron chi connectivity index (χ4n) is 0.497. The number of hydrogen-bond acceptors (Lipinski definition) is 6. The van der Waals surface area contributed by atoms with Crippen LogP contribution in [0.1, 0.15) is 0 Å². The molecule has 0 fully saturated rings. The Bertz CT molecular complexity index is 212. The summed E-state index contributed by atoms with van der Waals surface area (Å²) >= 11 is 8.82. The average molecular weight is 275 g/mol. The van der Waals surface area contributed by atoms with Gasteiger partial charge < -0.3 is 49.5 Å². The number of carboxylic acid groups (broad SMARTS) is 2. The summed E-state index contributed by atoms with van der Waals surface area (Å²) in [6, 6.07) is 0. The van der Waals surface area contributed by atoms with Crippen molar-refractivity contribution in [2.75, 3.05) is 13.1 Å². The van der Waals surface area contributed by atoms with E-state index in [0.717, 1.165) is 4.90 Å². The van der Waals surface area contributed by atoms with Gasteiger partial charge in [-0.15, -0.1) is 0 Å². The molecule has 0 heterocycles. The summed E-state index contributed by atoms with van der Waals surface area (Å²) in [7, 11) is 0. The molecule has 15 heavy (non-hydrogen) atoms. The molecule has 0 aliphatic rings. The summed E-state index contributed by atoms with van der Waals surface area (Å²) in [5, 5.41) is 20.0. The molecule has 0 radical (unpaired) electrons. The zero-order chi connectivity index (χ0) is 9.72. The number of nitrogens with zero attached hydrogens (tertiary/aromatic N) is 1. The minimum atomic E-state index is -1.44. The van der Waals surface area contributed by atoms with Crippen molar-refractivity contribution < 1.29 is 108 Å². The van der Waals surface area contributed by atoms with E-state index in [0.29, 0.717) is 0 Å². The largest absolute Gasteiger partial charge is 1.00 e. The molecule has 0 atom stereocenters. The first-order chi connectivity index (χ1) is 5.43. The second-order valence-corrected chi connectivity index (χ2v) is 2.90. The van der Waals surface area contributed by atoms with Gasteiger partial charge in [0.25, 0.3) is 0 Å². The standard InChI is InChI=1S/C5H7NO4S2.3Na/c7-3(8)1-6(5(11)12)2-4(9)10;;;/h1-2H2,(H,7,8)(H,9,10)(H,11,12);;;/q;3*+1/p-3. The van der Waals surface area contributed by atoms with Gasteiger partial charge in [0.15, 0.2) is 0 Å². The van der Waals surface area contributed by atoms with Crippen LogP contribution in [0.5, 0.6) is 0 Å². The second kappa shape index (κ2) is 14.1. The van der Waals surface area contributed by atoms with E-state index in [1.54, 1.807) is 0 Å². The number of rotatable bonds is 4. The molecule has 0 aromatic rings. The van der Waals surface area contributed by atoms with E-state index < -0.39 is 25.0 Å². The van der Waals surface area contributed by atoms with E-state index in [4.69, 9.17) is 0 Å². The zero-order valence-corrected chi connectivity index (χ0v) is 16.4. The summed E-state index contributed by atoms with van der Waals surface area (Å²) in [4.78, 5) is 20.8. The van der Waals surface area contributed by atoms with Crippen molar-refractivity contribution in [3.8, 4) is 0 Å². The topological polar surface area (TPSA) is 83.5 Å². The molecule has 0 rings (SSSR count). The van der Waals surface area contributed by atoms with Crippen LogP contribution in [0, 0.1) is 0 Å². The Morgan fingerprint density at radius 1 is 1.07 bits per heavy atom. The second-order valence-electron chi connectivity index (χ2n) is 1.87. The summed E-state index contributed by atoms with van der Waals surface area (Å²) in [5.41, 5.74) is 0. The molecule has 0 unspecified atom stereocenters. The van der Waals surface area contributed by atoms with Crippen molar-refractivity contribution in [2.24, 2.45) is 0 Å². The van der Waals surface area contributed by atoms with Crippen LogP contribution in [0.2, 0.25) is 0 Å². The average Bonchev–Trinajstić information content (AvgIpc) is 1.83. The summed E-state index contributed by atoms with van der Waals surface area (Å²) in [6.45, 7) is -1.26. The molecule has 0 aromatic carbocycles. The van der Waals surface area contributed by atoms with E-state index in [9.17, 15) is 19.8 Å². The first-order valence-corrected chi connectivity index (χ1v) is 3.60. The van der Waals surface area contributed by atoms with Gasteiger partial charge in [-0.05, 0) is 0 Å². The molecule has 0 bridgehead atoms. The zero-order valence-electron chi connectivity index (χ0n) is 8.81. The van der Waals surface area contributed by atoms with Crippen LogP contribution in [0.3, 0.4) is 0 Å². The van der Waals surface area contributed by atoms with E-state index in [1.165, 1.54) is 0 Å². The molecule has 68 valence electrons. The SMILES string of the molecule is O=C([O-])CN(CC(=O)[O-])C(=S)[S-].[Na+].[Na+].[Na+]. The monoisotopic (exact) mass is 275 g/mol. The van der Waals surface area contributed by atoms with Crippen LogP contribution in [0.4, 0.5) is 0 Å². The Hall–Kier alpha value is 2.05. The fourth-order valence-corrected chi connectivity index (χ4v) is 0.755. The van der Waals surface area contributed by atoms with Crippen molar-refractivity contribution >= 4 is 41.1 Å². The van der Waals surface area contributed by atoms with E-state index in [-0.39, 0.29) is 93.0 Å². The Kier molecular flexibility index (Phi) is 24.3. The van der Waals surface area contributed by atoms with Crippen molar-refractivity contribution in [1.82, 2.24) is 4.90 Å². The van der Waals surface area contributed by atoms with E-state index >= 15 is 0 Å². The van der Waals surface area contributed by atoms with Gasteiger partial charge in [0.05, 0.1) is 25.0 Å². The molecule has 0 aromatic heterocycles. The summed E-state index contributed by atoms with van der Waals surface area (Å²) in [5.74, 6) is -2.88. The number of thiocarbonyl (C=S) groups is 1. The van der Waals surface area contributed by atoms with Crippen LogP contribution in [-0.4, -0.2) is 34.2 Å². The molecule has 0 amide bonds. The maximum Gasteiger partial charge on any atom is 1.00 e. The van der Waals surface area contributed by atoms with Crippen LogP contribution in [0.25, 0.3) is 0 Å². The molecule has 10 heteroatoms. The molecule has 0 spiro atoms. The van der Waals surface area contributed by atoms with Crippen molar-refractivity contribution in [3.05, 3.63) is 0 Å². The number of carbonyl (C=O) groups excluding carboxylic acids is 2. The predicted molar refractivity (Wildman–Crippen MR) is 41.6 cm³/mol. The number of carboxylic acids is 2. The Morgan fingerprint density at radius 2 is 1.33 bits per heavy atom. The third-order valence-electron chi connectivity index (χ3n) is 0.898. The molecule has 0 saturated heterocycles. The van der Waals surface area contributed by atoms with Crippen molar-refractivity contribution in [2.45, 2.75) is 0 Å². The van der Waals surface area contributed by atoms with Gasteiger partial charge in [0, 0.05) is 0 Å². The summed E-state index contributed by atoms with van der Waals surface area (Å²) < 4.78 is -0.233. The van der Waals surface area contributed by atoms with Crippen LogP contribution >= 0.6 is 12.2 Å². The first-order valence-electron chi connectivity index (χ1n) is 2.79. The predicted octanol–water partition coefficient (Wildman–Crippen LogP) is -12.4. The minimum absolute atomic E-state index is 0. The molecule has 0 N–H and O–H groups in total. The number of hydrogen-bond donors (Lipinski definition) is 0. The third-order valence-corrected chi connectivity index (χ3v) is 1.41. The normalized spacial score (nSPS) is 7.20. The molecule has 5 nitrogen and oxygen atoms in total. The Morgan fingerprint density at radius 3 is 1.47 bits per heavy atom. The van der Waals surface area contributed by atoms with Crippen LogP contribution in [0.15, 0.2) is 0 Å². The molecule has 0 aliphatic heterocycles. The number of carbonyl (C=O) groups is 2. The maximum absolute atomic E-state index is 10.0. The van der Waals surface area contributed by atoms with Crippen molar-refractivity contribution in [3.63, 3.8) is 0 Å². The van der Waals surface area contributed by atoms with Gasteiger partial charge in [-0.3, -0.25) is 0 Å². The molecule has 0 aliphatic carbocycles. The third kappa shape index (κ3) is 16.1. The van der Waals surface area contributed by atoms with Gasteiger partial charge in [0.1, 0.15) is 0 Å². The van der Waals surface area contributed by atoms with Crippen LogP contribution in [-0.2, 0) is 22.2 Å². The van der Waals surface area contributed by atoms with Gasteiger partial charge in [-0.1, -0.05) is 4.32 Å². The quantitative estimate of drug-likeness (QED) is 0.286. The van der Waals surface area contributed by atoms with Gasteiger partial charge in [-0.25, -0.2) is 0 Å².